The second-order valence-electron chi connectivity index (χ2n) is 4.53. The third-order valence-electron chi connectivity index (χ3n) is 3.39. The summed E-state index contributed by atoms with van der Waals surface area (Å²) >= 11 is 0. The second kappa shape index (κ2) is 4.48. The van der Waals surface area contributed by atoms with E-state index in [9.17, 15) is 4.79 Å². The maximum absolute atomic E-state index is 11.8. The summed E-state index contributed by atoms with van der Waals surface area (Å²) in [5, 5.41) is 11.5. The van der Waals surface area contributed by atoms with E-state index in [1.165, 1.54) is 6.33 Å². The van der Waals surface area contributed by atoms with Crippen molar-refractivity contribution in [1.82, 2.24) is 24.5 Å². The quantitative estimate of drug-likeness (QED) is 0.835. The molecule has 1 atom stereocenters. The number of nitrogens with two attached hydrogens (primary N) is 1. The van der Waals surface area contributed by atoms with Gasteiger partial charge in [-0.25, -0.2) is 4.68 Å². The topological polar surface area (TPSA) is 104 Å². The zero-order valence-corrected chi connectivity index (χ0v) is 11.2. The number of aromatic nitrogens is 5. The molecule has 1 amide bonds. The van der Waals surface area contributed by atoms with Crippen LogP contribution in [0.25, 0.3) is 0 Å². The summed E-state index contributed by atoms with van der Waals surface area (Å²) in [6.45, 7) is 4.49. The van der Waals surface area contributed by atoms with Gasteiger partial charge in [-0.15, -0.1) is 0 Å². The van der Waals surface area contributed by atoms with Gasteiger partial charge in [0.25, 0.3) is 0 Å². The number of amides is 1. The van der Waals surface area contributed by atoms with Crippen LogP contribution in [0.15, 0.2) is 29.9 Å². The molecular formula is C12H15N7O. The number of carbonyl (C=O) groups is 1. The molecule has 104 valence electrons. The van der Waals surface area contributed by atoms with Crippen LogP contribution in [0.1, 0.15) is 25.6 Å². The Morgan fingerprint density at radius 3 is 3.00 bits per heavy atom. The van der Waals surface area contributed by atoms with Crippen LogP contribution < -0.4 is 11.1 Å². The van der Waals surface area contributed by atoms with Gasteiger partial charge in [-0.3, -0.25) is 9.48 Å². The lowest BCUT2D eigenvalue weighted by molar-refractivity contribution is -0.115. The van der Waals surface area contributed by atoms with E-state index >= 15 is 0 Å². The molecule has 8 nitrogen and oxygen atoms in total. The van der Waals surface area contributed by atoms with E-state index in [4.69, 9.17) is 5.73 Å². The van der Waals surface area contributed by atoms with Crippen LogP contribution in [0, 0.1) is 0 Å². The molecule has 0 saturated heterocycles. The normalized spacial score (nSPS) is 17.8. The molecule has 3 rings (SSSR count). The largest absolute Gasteiger partial charge is 0.366 e. The molecule has 2 aromatic rings. The van der Waals surface area contributed by atoms with Crippen LogP contribution in [-0.2, 0) is 11.3 Å². The molecule has 0 unspecified atom stereocenters. The van der Waals surface area contributed by atoms with Gasteiger partial charge in [0.05, 0.1) is 11.3 Å². The third kappa shape index (κ3) is 1.68. The van der Waals surface area contributed by atoms with Gasteiger partial charge in [0, 0.05) is 18.4 Å². The van der Waals surface area contributed by atoms with Crippen LogP contribution in [0.4, 0.5) is 5.95 Å². The van der Waals surface area contributed by atoms with Gasteiger partial charge < -0.3 is 11.1 Å². The summed E-state index contributed by atoms with van der Waals surface area (Å²) in [6.07, 6.45) is 3.14. The molecular weight excluding hydrogens is 258 g/mol. The van der Waals surface area contributed by atoms with Gasteiger partial charge in [-0.2, -0.15) is 15.2 Å². The smallest absolute Gasteiger partial charge is 0.248 e. The highest BCUT2D eigenvalue weighted by atomic mass is 16.1. The van der Waals surface area contributed by atoms with Crippen molar-refractivity contribution < 1.29 is 4.79 Å². The molecule has 0 aromatic carbocycles. The molecule has 1 aliphatic rings. The number of rotatable bonds is 3. The van der Waals surface area contributed by atoms with Crippen LogP contribution >= 0.6 is 0 Å². The van der Waals surface area contributed by atoms with E-state index in [0.717, 1.165) is 5.69 Å². The SMILES string of the molecule is CCn1nccc1[C@H]1C(C(N)=O)=C(C)Nc2ncnn21. The summed E-state index contributed by atoms with van der Waals surface area (Å²) in [7, 11) is 0. The van der Waals surface area contributed by atoms with Crippen molar-refractivity contribution in [3.8, 4) is 0 Å². The second-order valence-corrected chi connectivity index (χ2v) is 4.53. The fourth-order valence-electron chi connectivity index (χ4n) is 2.52. The Hall–Kier alpha value is -2.64. The van der Waals surface area contributed by atoms with Gasteiger partial charge in [0.15, 0.2) is 0 Å². The number of nitrogens with zero attached hydrogens (tertiary/aromatic N) is 5. The Morgan fingerprint density at radius 1 is 1.50 bits per heavy atom. The Morgan fingerprint density at radius 2 is 2.30 bits per heavy atom. The molecule has 1 aliphatic heterocycles. The lowest BCUT2D eigenvalue weighted by atomic mass is 9.99. The lowest BCUT2D eigenvalue weighted by Crippen LogP contribution is -2.33. The molecule has 3 N–H and O–H groups in total. The monoisotopic (exact) mass is 273 g/mol. The number of carbonyl (C=O) groups excluding carboxylic acids is 1. The molecule has 0 fully saturated rings. The first-order chi connectivity index (χ1) is 9.63. The fraction of sp³-hybridized carbons (Fsp3) is 0.333. The van der Waals surface area contributed by atoms with Crippen molar-refractivity contribution in [2.45, 2.75) is 26.4 Å². The number of fused-ring (bicyclic) bond motifs is 1. The van der Waals surface area contributed by atoms with Crippen molar-refractivity contribution in [2.75, 3.05) is 5.32 Å². The lowest BCUT2D eigenvalue weighted by Gasteiger charge is -2.27. The molecule has 20 heavy (non-hydrogen) atoms. The van der Waals surface area contributed by atoms with Gasteiger partial charge in [-0.1, -0.05) is 0 Å². The van der Waals surface area contributed by atoms with E-state index in [-0.39, 0.29) is 0 Å². The number of aryl methyl sites for hydroxylation is 1. The maximum atomic E-state index is 11.8. The van der Waals surface area contributed by atoms with E-state index in [1.807, 2.05) is 17.7 Å². The highest BCUT2D eigenvalue weighted by Gasteiger charge is 2.33. The maximum Gasteiger partial charge on any atom is 0.248 e. The molecule has 2 aromatic heterocycles. The Balaban J connectivity index is 2.22. The fourth-order valence-corrected chi connectivity index (χ4v) is 2.52. The summed E-state index contributed by atoms with van der Waals surface area (Å²) < 4.78 is 3.47. The minimum atomic E-state index is -0.481. The summed E-state index contributed by atoms with van der Waals surface area (Å²) in [5.74, 6) is 0.103. The minimum Gasteiger partial charge on any atom is -0.366 e. The predicted molar refractivity (Wildman–Crippen MR) is 71.6 cm³/mol. The molecule has 0 spiro atoms. The highest BCUT2D eigenvalue weighted by molar-refractivity contribution is 5.95. The number of hydrogen-bond donors (Lipinski definition) is 2. The van der Waals surface area contributed by atoms with Crippen LogP contribution in [-0.4, -0.2) is 30.5 Å². The van der Waals surface area contributed by atoms with Gasteiger partial charge >= 0.3 is 0 Å². The highest BCUT2D eigenvalue weighted by Crippen LogP contribution is 2.33. The zero-order valence-electron chi connectivity index (χ0n) is 11.2. The van der Waals surface area contributed by atoms with Gasteiger partial charge in [-0.05, 0) is 19.9 Å². The number of primary amides is 1. The first-order valence-corrected chi connectivity index (χ1v) is 6.32. The molecule has 0 bridgehead atoms. The van der Waals surface area contributed by atoms with Gasteiger partial charge in [0.2, 0.25) is 11.9 Å². The zero-order chi connectivity index (χ0) is 14.3. The molecule has 0 aliphatic carbocycles. The first-order valence-electron chi connectivity index (χ1n) is 6.32. The predicted octanol–water partition coefficient (Wildman–Crippen LogP) is 0.269. The van der Waals surface area contributed by atoms with Crippen LogP contribution in [0.2, 0.25) is 0 Å². The van der Waals surface area contributed by atoms with Crippen LogP contribution in [0.3, 0.4) is 0 Å². The van der Waals surface area contributed by atoms with E-state index < -0.39 is 11.9 Å². The summed E-state index contributed by atoms with van der Waals surface area (Å²) in [6, 6.07) is 1.45. The van der Waals surface area contributed by atoms with E-state index in [1.54, 1.807) is 17.8 Å². The molecule has 8 heteroatoms. The first kappa shape index (κ1) is 12.4. The number of nitrogens with one attached hydrogen (secondary N) is 1. The molecule has 0 radical (unpaired) electrons. The number of hydrogen-bond acceptors (Lipinski definition) is 5. The average molecular weight is 273 g/mol. The van der Waals surface area contributed by atoms with Gasteiger partial charge in [0.1, 0.15) is 12.4 Å². The Bertz CT molecular complexity index is 696. The summed E-state index contributed by atoms with van der Waals surface area (Å²) in [5.41, 5.74) is 7.56. The van der Waals surface area contributed by atoms with Crippen molar-refractivity contribution in [3.63, 3.8) is 0 Å². The van der Waals surface area contributed by atoms with Crippen molar-refractivity contribution in [1.29, 1.82) is 0 Å². The van der Waals surface area contributed by atoms with Crippen LogP contribution in [0.5, 0.6) is 0 Å². The van der Waals surface area contributed by atoms with Crippen molar-refractivity contribution >= 4 is 11.9 Å². The molecule has 0 saturated carbocycles. The standard InChI is InChI=1S/C12H15N7O/c1-3-18-8(4-5-15-18)10-9(11(13)20)7(2)17-12-14-6-16-19(10)12/h4-6,10H,3H2,1-2H3,(H2,13,20)(H,14,16,17)/t10-/m0/s1. The van der Waals surface area contributed by atoms with Crippen molar-refractivity contribution in [2.24, 2.45) is 5.73 Å². The average Bonchev–Trinajstić information content (AvgIpc) is 3.04. The summed E-state index contributed by atoms with van der Waals surface area (Å²) in [4.78, 5) is 16.0. The third-order valence-corrected chi connectivity index (χ3v) is 3.39. The van der Waals surface area contributed by atoms with Crippen molar-refractivity contribution in [3.05, 3.63) is 35.6 Å². The Kier molecular flexibility index (Phi) is 2.78. The van der Waals surface area contributed by atoms with E-state index in [2.05, 4.69) is 20.5 Å². The van der Waals surface area contributed by atoms with E-state index in [0.29, 0.717) is 23.8 Å². The number of allylic oxidation sites excluding steroid dienone is 1. The minimum absolute atomic E-state index is 0.409. The molecule has 3 heterocycles. The Labute approximate surface area is 115 Å². The number of anilines is 1.